The summed E-state index contributed by atoms with van der Waals surface area (Å²) in [5, 5.41) is 35.5. The van der Waals surface area contributed by atoms with E-state index in [2.05, 4.69) is 14.7 Å². The van der Waals surface area contributed by atoms with Gasteiger partial charge >= 0.3 is 0 Å². The molecule has 0 unspecified atom stereocenters. The summed E-state index contributed by atoms with van der Waals surface area (Å²) in [6.45, 7) is 30.0. The fourth-order valence-electron chi connectivity index (χ4n) is 6.24. The molecule has 4 aliphatic rings. The zero-order valence-electron chi connectivity index (χ0n) is 32.2. The highest BCUT2D eigenvalue weighted by Gasteiger charge is 2.50. The van der Waals surface area contributed by atoms with Gasteiger partial charge in [0.2, 0.25) is 0 Å². The number of nitrogens with zero attached hydrogens (tertiary/aromatic N) is 3. The zero-order chi connectivity index (χ0) is 36.1. The van der Waals surface area contributed by atoms with E-state index in [-0.39, 0.29) is 39.6 Å². The highest BCUT2D eigenvalue weighted by Crippen LogP contribution is 2.37. The highest BCUT2D eigenvalue weighted by atomic mass is 16.6. The third-order valence-electron chi connectivity index (χ3n) is 12.3. The van der Waals surface area contributed by atoms with Crippen LogP contribution in [0.5, 0.6) is 0 Å². The second-order valence-corrected chi connectivity index (χ2v) is 18.3. The van der Waals surface area contributed by atoms with E-state index in [0.29, 0.717) is 58.9 Å². The second-order valence-electron chi connectivity index (χ2n) is 18.3. The van der Waals surface area contributed by atoms with Crippen molar-refractivity contribution >= 4 is 0 Å². The summed E-state index contributed by atoms with van der Waals surface area (Å²) >= 11 is 0. The van der Waals surface area contributed by atoms with Crippen LogP contribution in [0.15, 0.2) is 0 Å². The van der Waals surface area contributed by atoms with E-state index in [1.165, 1.54) is 0 Å². The molecule has 4 aliphatic heterocycles. The Morgan fingerprint density at radius 2 is 0.479 bits per heavy atom. The number of rotatable bonds is 6. The van der Waals surface area contributed by atoms with Crippen molar-refractivity contribution < 1.29 is 43.7 Å². The quantitative estimate of drug-likeness (QED) is 0.378. The van der Waals surface area contributed by atoms with Gasteiger partial charge in [-0.05, 0) is 83.1 Å². The number of hydrogen-bond acceptors (Lipinski definition) is 12. The average Bonchev–Trinajstić information content (AvgIpc) is 3.10. The molecule has 0 aromatic heterocycles. The van der Waals surface area contributed by atoms with Gasteiger partial charge in [-0.1, -0.05) is 0 Å². The van der Waals surface area contributed by atoms with Crippen LogP contribution >= 0.6 is 0 Å². The van der Waals surface area contributed by atoms with E-state index in [0.717, 1.165) is 0 Å². The summed E-state index contributed by atoms with van der Waals surface area (Å²) in [5.74, 6) is 0. The third-order valence-corrected chi connectivity index (χ3v) is 12.3. The molecule has 0 spiro atoms. The van der Waals surface area contributed by atoms with E-state index >= 15 is 0 Å². The molecule has 4 rings (SSSR count). The molecule has 0 radical (unpaired) electrons. The number of aliphatic hydroxyl groups is 3. The molecule has 3 N–H and O–H groups in total. The van der Waals surface area contributed by atoms with Crippen LogP contribution in [-0.4, -0.2) is 179 Å². The van der Waals surface area contributed by atoms with Gasteiger partial charge in [-0.25, -0.2) is 0 Å². The largest absolute Gasteiger partial charge is 0.384 e. The summed E-state index contributed by atoms with van der Waals surface area (Å²) in [7, 11) is 0. The van der Waals surface area contributed by atoms with Gasteiger partial charge in [0.25, 0.3) is 0 Å². The summed E-state index contributed by atoms with van der Waals surface area (Å²) in [4.78, 5) is 6.74. The van der Waals surface area contributed by atoms with Gasteiger partial charge in [0.1, 0.15) is 16.8 Å². The Kier molecular flexibility index (Phi) is 11.6. The molecular formula is C36H69N3O9. The first-order valence-corrected chi connectivity index (χ1v) is 17.9. The molecule has 48 heavy (non-hydrogen) atoms. The Morgan fingerprint density at radius 3 is 0.625 bits per heavy atom. The van der Waals surface area contributed by atoms with Gasteiger partial charge in [-0.3, -0.25) is 14.7 Å². The van der Waals surface area contributed by atoms with Crippen LogP contribution in [-0.2, 0) is 28.4 Å². The fraction of sp³-hybridized carbons (Fsp3) is 1.00. The predicted octanol–water partition coefficient (Wildman–Crippen LogP) is 1.91. The molecule has 12 heteroatoms. The van der Waals surface area contributed by atoms with E-state index in [1.807, 2.05) is 83.1 Å². The minimum absolute atomic E-state index is 0.160. The first kappa shape index (κ1) is 40.3. The van der Waals surface area contributed by atoms with E-state index in [9.17, 15) is 15.3 Å². The van der Waals surface area contributed by atoms with Crippen LogP contribution in [0.1, 0.15) is 83.1 Å². The van der Waals surface area contributed by atoms with Gasteiger partial charge in [-0.2, -0.15) is 0 Å². The SMILES string of the molecule is CC1(C)OCC(O)(CN2CCN(CC3(O)COC(C)(C)C(C)(C)OC3)CCN(CC3(O)COC(C)(C)C(C)(C)OC3)CC2)COC1(C)C. The molecule has 4 fully saturated rings. The lowest BCUT2D eigenvalue weighted by Gasteiger charge is -2.38. The molecule has 4 heterocycles. The Morgan fingerprint density at radius 1 is 0.333 bits per heavy atom. The van der Waals surface area contributed by atoms with Crippen molar-refractivity contribution in [2.75, 3.05) is 98.5 Å². The standard InChI is InChI=1S/C36H69N3O9/c1-28(2)29(3,4)44-23-34(40,22-43-28)19-37-13-15-38(20-35(41)24-45-30(5,6)31(7,8)46-25-35)17-18-39(16-14-37)21-36(42)26-47-32(9,10)33(11,12)48-27-36/h40-42H,13-27H2,1-12H3. The van der Waals surface area contributed by atoms with Crippen molar-refractivity contribution in [1.82, 2.24) is 14.7 Å². The highest BCUT2D eigenvalue weighted by molar-refractivity contribution is 4.99. The molecule has 0 bridgehead atoms. The van der Waals surface area contributed by atoms with Crippen LogP contribution in [0.25, 0.3) is 0 Å². The van der Waals surface area contributed by atoms with Crippen molar-refractivity contribution in [3.05, 3.63) is 0 Å². The lowest BCUT2D eigenvalue weighted by molar-refractivity contribution is -0.147. The van der Waals surface area contributed by atoms with Crippen LogP contribution < -0.4 is 0 Å². The summed E-state index contributed by atoms with van der Waals surface area (Å²) in [5.41, 5.74) is -7.02. The molecule has 4 saturated heterocycles. The summed E-state index contributed by atoms with van der Waals surface area (Å²) < 4.78 is 37.6. The van der Waals surface area contributed by atoms with Crippen molar-refractivity contribution in [1.29, 1.82) is 0 Å². The topological polar surface area (TPSA) is 126 Å². The van der Waals surface area contributed by atoms with Crippen molar-refractivity contribution in [3.8, 4) is 0 Å². The molecular weight excluding hydrogens is 618 g/mol. The molecule has 282 valence electrons. The van der Waals surface area contributed by atoms with Gasteiger partial charge in [0, 0.05) is 58.9 Å². The number of hydrogen-bond donors (Lipinski definition) is 3. The first-order valence-electron chi connectivity index (χ1n) is 17.9. The van der Waals surface area contributed by atoms with E-state index in [1.54, 1.807) is 0 Å². The van der Waals surface area contributed by atoms with Gasteiger partial charge in [0.05, 0.1) is 73.2 Å². The average molecular weight is 688 g/mol. The minimum Gasteiger partial charge on any atom is -0.384 e. The molecule has 12 nitrogen and oxygen atoms in total. The third kappa shape index (κ3) is 9.30. The molecule has 0 aromatic rings. The molecule has 0 saturated carbocycles. The van der Waals surface area contributed by atoms with Crippen molar-refractivity contribution in [3.63, 3.8) is 0 Å². The maximum Gasteiger partial charge on any atom is 0.124 e. The van der Waals surface area contributed by atoms with Crippen LogP contribution in [0.4, 0.5) is 0 Å². The van der Waals surface area contributed by atoms with Crippen LogP contribution in [0.3, 0.4) is 0 Å². The maximum absolute atomic E-state index is 11.8. The van der Waals surface area contributed by atoms with E-state index in [4.69, 9.17) is 28.4 Å². The predicted molar refractivity (Wildman–Crippen MR) is 184 cm³/mol. The Hall–Kier alpha value is -0.480. The lowest BCUT2D eigenvalue weighted by Crippen LogP contribution is -2.53. The Labute approximate surface area is 290 Å². The van der Waals surface area contributed by atoms with Gasteiger partial charge < -0.3 is 43.7 Å². The summed E-state index contributed by atoms with van der Waals surface area (Å²) in [6.07, 6.45) is 0. The molecule has 0 aromatic carbocycles. The monoisotopic (exact) mass is 688 g/mol. The zero-order valence-corrected chi connectivity index (χ0v) is 32.2. The molecule has 0 atom stereocenters. The number of β-amino-alcohol motifs (C(OH)–C–C–N with tert-alkyl or cyclic N) is 3. The summed E-state index contributed by atoms with van der Waals surface area (Å²) in [6, 6.07) is 0. The van der Waals surface area contributed by atoms with Crippen molar-refractivity contribution in [2.24, 2.45) is 0 Å². The second kappa shape index (κ2) is 13.8. The van der Waals surface area contributed by atoms with Gasteiger partial charge in [0.15, 0.2) is 0 Å². The smallest absolute Gasteiger partial charge is 0.124 e. The molecule has 0 aliphatic carbocycles. The number of ether oxygens (including phenoxy) is 6. The Balaban J connectivity index is 1.53. The van der Waals surface area contributed by atoms with E-state index < -0.39 is 50.4 Å². The fourth-order valence-corrected chi connectivity index (χ4v) is 6.24. The first-order chi connectivity index (χ1) is 21.7. The van der Waals surface area contributed by atoms with Crippen LogP contribution in [0.2, 0.25) is 0 Å². The van der Waals surface area contributed by atoms with Crippen LogP contribution in [0, 0.1) is 0 Å². The van der Waals surface area contributed by atoms with Crippen molar-refractivity contribution in [2.45, 2.75) is 133 Å². The Bertz CT molecular complexity index is 893. The lowest BCUT2D eigenvalue weighted by atomic mass is 9.89. The maximum atomic E-state index is 11.8. The molecule has 0 amide bonds. The van der Waals surface area contributed by atoms with Gasteiger partial charge in [-0.15, -0.1) is 0 Å². The minimum atomic E-state index is -1.20. The normalized spacial score (nSPS) is 32.1.